The Kier molecular flexibility index (Phi) is 8.15. The van der Waals surface area contributed by atoms with Crippen LogP contribution >= 0.6 is 0 Å². The summed E-state index contributed by atoms with van der Waals surface area (Å²) in [5, 5.41) is 13.6. The molecule has 1 heterocycles. The van der Waals surface area contributed by atoms with E-state index in [0.29, 0.717) is 18.0 Å². The maximum absolute atomic E-state index is 10.2. The Morgan fingerprint density at radius 1 is 1.19 bits per heavy atom. The summed E-state index contributed by atoms with van der Waals surface area (Å²) in [7, 11) is 3.35. The van der Waals surface area contributed by atoms with Gasteiger partial charge in [0, 0.05) is 26.7 Å². The van der Waals surface area contributed by atoms with Crippen molar-refractivity contribution in [2.75, 3.05) is 47.0 Å². The third-order valence-electron chi connectivity index (χ3n) is 4.76. The minimum atomic E-state index is -0.490. The maximum Gasteiger partial charge on any atom is 0.161 e. The van der Waals surface area contributed by atoms with Crippen molar-refractivity contribution in [2.24, 2.45) is 0 Å². The van der Waals surface area contributed by atoms with Crippen LogP contribution in [0, 0.1) is 0 Å². The zero-order chi connectivity index (χ0) is 19.0. The van der Waals surface area contributed by atoms with E-state index >= 15 is 0 Å². The molecule has 6 nitrogen and oxygen atoms in total. The van der Waals surface area contributed by atoms with Crippen LogP contribution in [0.2, 0.25) is 0 Å². The molecular weight excluding hydrogens is 332 g/mol. The molecule has 1 aliphatic heterocycles. The molecule has 0 amide bonds. The molecule has 0 spiro atoms. The average Bonchev–Trinajstić information content (AvgIpc) is 3.13. The van der Waals surface area contributed by atoms with Crippen LogP contribution in [-0.2, 0) is 11.3 Å². The van der Waals surface area contributed by atoms with Gasteiger partial charge in [-0.05, 0) is 57.5 Å². The molecule has 26 heavy (non-hydrogen) atoms. The van der Waals surface area contributed by atoms with Gasteiger partial charge in [0.1, 0.15) is 12.7 Å². The van der Waals surface area contributed by atoms with Crippen LogP contribution in [0.15, 0.2) is 18.2 Å². The Bertz CT molecular complexity index is 545. The minimum absolute atomic E-state index is 0.196. The molecule has 1 aliphatic rings. The third kappa shape index (κ3) is 6.76. The van der Waals surface area contributed by atoms with E-state index in [1.807, 2.05) is 32.0 Å². The van der Waals surface area contributed by atoms with Gasteiger partial charge in [0.15, 0.2) is 11.5 Å². The summed E-state index contributed by atoms with van der Waals surface area (Å²) in [6.45, 7) is 8.65. The molecule has 2 rings (SSSR count). The molecular formula is C20H34N2O4. The molecule has 0 aromatic heterocycles. The molecule has 6 heteroatoms. The van der Waals surface area contributed by atoms with Gasteiger partial charge in [-0.3, -0.25) is 0 Å². The highest BCUT2D eigenvalue weighted by Crippen LogP contribution is 2.28. The number of likely N-dealkylation sites (tertiary alicyclic amines) is 1. The Balaban J connectivity index is 1.83. The van der Waals surface area contributed by atoms with Crippen molar-refractivity contribution in [3.8, 4) is 11.5 Å². The van der Waals surface area contributed by atoms with E-state index in [0.717, 1.165) is 31.7 Å². The van der Waals surface area contributed by atoms with Crippen LogP contribution in [0.1, 0.15) is 32.3 Å². The quantitative estimate of drug-likeness (QED) is 0.625. The number of hydrogen-bond donors (Lipinski definition) is 2. The van der Waals surface area contributed by atoms with Crippen LogP contribution in [0.25, 0.3) is 0 Å². The Morgan fingerprint density at radius 2 is 1.92 bits per heavy atom. The smallest absolute Gasteiger partial charge is 0.161 e. The first-order chi connectivity index (χ1) is 12.4. The Morgan fingerprint density at radius 3 is 2.58 bits per heavy atom. The van der Waals surface area contributed by atoms with Crippen molar-refractivity contribution >= 4 is 0 Å². The summed E-state index contributed by atoms with van der Waals surface area (Å²) >= 11 is 0. The van der Waals surface area contributed by atoms with Crippen molar-refractivity contribution in [2.45, 2.75) is 44.9 Å². The standard InChI is InChI=1S/C20H34N2O4/c1-20(2,25-4)15-21-12-16-7-8-18(19(11-16)24-3)26-14-17(23)13-22-9-5-6-10-22/h7-8,11,17,21,23H,5-6,9-10,12-15H2,1-4H3/t17-/m1/s1. The highest BCUT2D eigenvalue weighted by molar-refractivity contribution is 5.43. The van der Waals surface area contributed by atoms with Crippen LogP contribution in [0.4, 0.5) is 0 Å². The van der Waals surface area contributed by atoms with E-state index in [2.05, 4.69) is 10.2 Å². The van der Waals surface area contributed by atoms with Crippen molar-refractivity contribution in [1.82, 2.24) is 10.2 Å². The second kappa shape index (κ2) is 10.1. The fourth-order valence-corrected chi connectivity index (χ4v) is 3.02. The number of nitrogens with one attached hydrogen (secondary N) is 1. The molecule has 0 aliphatic carbocycles. The lowest BCUT2D eigenvalue weighted by Gasteiger charge is -2.23. The predicted octanol–water partition coefficient (Wildman–Crippen LogP) is 2.05. The Hall–Kier alpha value is -1.34. The molecule has 0 saturated carbocycles. The highest BCUT2D eigenvalue weighted by atomic mass is 16.5. The average molecular weight is 367 g/mol. The number of β-amino-alcohol motifs (C(OH)–C–C–N with tert-alkyl or cyclic N) is 1. The number of hydrogen-bond acceptors (Lipinski definition) is 6. The normalized spacial score (nSPS) is 16.7. The maximum atomic E-state index is 10.2. The van der Waals surface area contributed by atoms with Gasteiger partial charge >= 0.3 is 0 Å². The van der Waals surface area contributed by atoms with Crippen LogP contribution < -0.4 is 14.8 Å². The zero-order valence-electron chi connectivity index (χ0n) is 16.6. The third-order valence-corrected chi connectivity index (χ3v) is 4.76. The molecule has 0 unspecified atom stereocenters. The number of methoxy groups -OCH3 is 2. The van der Waals surface area contributed by atoms with E-state index < -0.39 is 6.10 Å². The first kappa shape index (κ1) is 21.0. The topological polar surface area (TPSA) is 63.2 Å². The summed E-state index contributed by atoms with van der Waals surface area (Å²) in [6, 6.07) is 5.88. The zero-order valence-corrected chi connectivity index (χ0v) is 16.6. The molecule has 1 atom stereocenters. The lowest BCUT2D eigenvalue weighted by Crippen LogP contribution is -2.36. The largest absolute Gasteiger partial charge is 0.493 e. The van der Waals surface area contributed by atoms with Crippen LogP contribution in [0.5, 0.6) is 11.5 Å². The van der Waals surface area contributed by atoms with E-state index in [1.165, 1.54) is 12.8 Å². The van der Waals surface area contributed by atoms with Gasteiger partial charge in [-0.15, -0.1) is 0 Å². The number of aliphatic hydroxyl groups is 1. The summed E-state index contributed by atoms with van der Waals surface area (Å²) in [5.74, 6) is 1.35. The second-order valence-corrected chi connectivity index (χ2v) is 7.53. The molecule has 2 N–H and O–H groups in total. The van der Waals surface area contributed by atoms with Crippen molar-refractivity contribution < 1.29 is 19.3 Å². The molecule has 0 radical (unpaired) electrons. The van der Waals surface area contributed by atoms with Crippen molar-refractivity contribution in [3.63, 3.8) is 0 Å². The summed E-state index contributed by atoms with van der Waals surface area (Å²) in [4.78, 5) is 2.28. The van der Waals surface area contributed by atoms with Gasteiger partial charge in [0.25, 0.3) is 0 Å². The lowest BCUT2D eigenvalue weighted by atomic mass is 10.1. The second-order valence-electron chi connectivity index (χ2n) is 7.53. The number of aliphatic hydroxyl groups excluding tert-OH is 1. The minimum Gasteiger partial charge on any atom is -0.493 e. The van der Waals surface area contributed by atoms with Gasteiger partial charge in [-0.1, -0.05) is 6.07 Å². The molecule has 0 bridgehead atoms. The van der Waals surface area contributed by atoms with Gasteiger partial charge in [-0.25, -0.2) is 0 Å². The lowest BCUT2D eigenvalue weighted by molar-refractivity contribution is 0.0230. The fourth-order valence-electron chi connectivity index (χ4n) is 3.02. The number of ether oxygens (including phenoxy) is 3. The number of benzene rings is 1. The predicted molar refractivity (Wildman–Crippen MR) is 103 cm³/mol. The van der Waals surface area contributed by atoms with Crippen LogP contribution in [0.3, 0.4) is 0 Å². The van der Waals surface area contributed by atoms with E-state index in [-0.39, 0.29) is 12.2 Å². The van der Waals surface area contributed by atoms with Gasteiger partial charge in [-0.2, -0.15) is 0 Å². The number of rotatable bonds is 11. The number of nitrogens with zero attached hydrogens (tertiary/aromatic N) is 1. The van der Waals surface area contributed by atoms with Crippen LogP contribution in [-0.4, -0.2) is 68.7 Å². The first-order valence-corrected chi connectivity index (χ1v) is 9.39. The van der Waals surface area contributed by atoms with Crippen molar-refractivity contribution in [3.05, 3.63) is 23.8 Å². The fraction of sp³-hybridized carbons (Fsp3) is 0.700. The SMILES string of the molecule is COc1cc(CNCC(C)(C)OC)ccc1OC[C@H](O)CN1CCCC1. The monoisotopic (exact) mass is 366 g/mol. The van der Waals surface area contributed by atoms with E-state index in [9.17, 15) is 5.11 Å². The molecule has 1 aromatic rings. The van der Waals surface area contributed by atoms with Gasteiger partial charge in [0.2, 0.25) is 0 Å². The van der Waals surface area contributed by atoms with E-state index in [4.69, 9.17) is 14.2 Å². The molecule has 1 saturated heterocycles. The van der Waals surface area contributed by atoms with Gasteiger partial charge in [0.05, 0.1) is 12.7 Å². The van der Waals surface area contributed by atoms with Gasteiger partial charge < -0.3 is 29.5 Å². The summed E-state index contributed by atoms with van der Waals surface area (Å²) < 4.78 is 16.6. The first-order valence-electron chi connectivity index (χ1n) is 9.39. The summed E-state index contributed by atoms with van der Waals surface area (Å²) in [5.41, 5.74) is 0.914. The molecule has 148 valence electrons. The highest BCUT2D eigenvalue weighted by Gasteiger charge is 2.17. The molecule has 1 aromatic carbocycles. The Labute approximate surface area is 157 Å². The summed E-state index contributed by atoms with van der Waals surface area (Å²) in [6.07, 6.45) is 1.95. The molecule has 1 fully saturated rings. The van der Waals surface area contributed by atoms with E-state index in [1.54, 1.807) is 14.2 Å². The van der Waals surface area contributed by atoms with Crippen molar-refractivity contribution in [1.29, 1.82) is 0 Å².